The third-order valence-corrected chi connectivity index (χ3v) is 12.2. The van der Waals surface area contributed by atoms with Gasteiger partial charge in [0.25, 0.3) is 0 Å². The predicted octanol–water partition coefficient (Wildman–Crippen LogP) is 7.91. The Morgan fingerprint density at radius 3 is 2.66 bits per heavy atom. The highest BCUT2D eigenvalue weighted by atomic mass is 16.5. The second kappa shape index (κ2) is 13.7. The van der Waals surface area contributed by atoms with Crippen LogP contribution in [0.3, 0.4) is 0 Å². The second-order valence-corrected chi connectivity index (χ2v) is 15.1. The van der Waals surface area contributed by atoms with Crippen LogP contribution in [0.5, 0.6) is 0 Å². The van der Waals surface area contributed by atoms with E-state index in [1.165, 1.54) is 37.0 Å². The largest absolute Gasteiger partial charge is 0.461 e. The lowest BCUT2D eigenvalue weighted by molar-refractivity contribution is -0.156. The summed E-state index contributed by atoms with van der Waals surface area (Å²) in [7, 11) is 0. The van der Waals surface area contributed by atoms with Gasteiger partial charge in [0, 0.05) is 18.3 Å². The van der Waals surface area contributed by atoms with Gasteiger partial charge in [0.05, 0.1) is 23.5 Å². The van der Waals surface area contributed by atoms with Crippen molar-refractivity contribution in [3.63, 3.8) is 0 Å². The van der Waals surface area contributed by atoms with E-state index in [0.717, 1.165) is 68.3 Å². The average Bonchev–Trinajstić information content (AvgIpc) is 3.52. The van der Waals surface area contributed by atoms with E-state index in [0.29, 0.717) is 30.6 Å². The third-order valence-electron chi connectivity index (χ3n) is 12.2. The summed E-state index contributed by atoms with van der Waals surface area (Å²) in [6, 6.07) is 0. The number of carbonyl (C=O) groups excluding carboxylic acids is 1. The normalized spacial score (nSPS) is 33.7. The fourth-order valence-electron chi connectivity index (χ4n) is 9.02. The molecule has 44 heavy (non-hydrogen) atoms. The van der Waals surface area contributed by atoms with Crippen LogP contribution in [0.2, 0.25) is 0 Å². The van der Waals surface area contributed by atoms with Crippen LogP contribution in [0, 0.1) is 29.1 Å². The lowest BCUT2D eigenvalue weighted by Gasteiger charge is -2.44. The van der Waals surface area contributed by atoms with Gasteiger partial charge >= 0.3 is 5.97 Å². The maximum Gasteiger partial charge on any atom is 0.308 e. The number of nitrogens with one attached hydrogen (secondary N) is 1. The summed E-state index contributed by atoms with van der Waals surface area (Å²) in [5.41, 5.74) is 4.55. The number of aromatic nitrogens is 2. The first-order valence-electron chi connectivity index (χ1n) is 17.7. The molecule has 6 nitrogen and oxygen atoms in total. The molecule has 8 atom stereocenters. The van der Waals surface area contributed by atoms with Gasteiger partial charge in [-0.1, -0.05) is 65.3 Å². The summed E-state index contributed by atoms with van der Waals surface area (Å²) in [6.07, 6.45) is 19.0. The molecule has 4 aliphatic rings. The fourth-order valence-corrected chi connectivity index (χ4v) is 9.02. The number of fused-ring (bicyclic) bond motifs is 1. The Kier molecular flexibility index (Phi) is 10.3. The maximum absolute atomic E-state index is 13.1. The Morgan fingerprint density at radius 1 is 1.18 bits per heavy atom. The zero-order valence-electron chi connectivity index (χ0n) is 28.0. The summed E-state index contributed by atoms with van der Waals surface area (Å²) in [5.74, 6) is 2.60. The molecule has 0 aromatic carbocycles. The molecule has 0 spiro atoms. The molecule has 4 fully saturated rings. The molecule has 0 aliphatic heterocycles. The molecule has 1 aromatic rings. The SMILES string of the molecule is C=C1C(=CC=C2CCC[C@]3(C)[C@@H]([C@H](C)CC[C@@H](OC(=O)C(C)CC)C4(c5ncc(CCC)[nH]5)CC4)CC[C@@H]23)C[C@@H](O)C[C@@H]1O. The van der Waals surface area contributed by atoms with Crippen molar-refractivity contribution in [3.05, 3.63) is 53.2 Å². The maximum atomic E-state index is 13.1. The first kappa shape index (κ1) is 33.2. The number of allylic oxidation sites excluding steroid dienone is 3. The van der Waals surface area contributed by atoms with E-state index >= 15 is 0 Å². The minimum absolute atomic E-state index is 0.0680. The van der Waals surface area contributed by atoms with Gasteiger partial charge in [-0.15, -0.1) is 0 Å². The third kappa shape index (κ3) is 6.67. The number of aliphatic hydroxyl groups is 2. The van der Waals surface area contributed by atoms with Gasteiger partial charge in [-0.25, -0.2) is 4.98 Å². The standard InChI is InChI=1S/C38H58N2O4/c1-7-10-29-23-39-36(40-29)38(19-20-38)34(44-35(43)24(3)8-2)17-12-25(4)31-15-16-32-27(11-9-18-37(31,32)6)13-14-28-21-30(41)22-33(42)26(28)5/h13-14,23-25,30-34,41-42H,5,7-12,15-22H2,1-4,6H3,(H,39,40)/t24?,25-,30-,31-,32+,33+,34-,37-/m1/s1. The Balaban J connectivity index is 1.29. The summed E-state index contributed by atoms with van der Waals surface area (Å²) >= 11 is 0. The van der Waals surface area contributed by atoms with Crippen LogP contribution in [-0.4, -0.2) is 44.5 Å². The molecule has 0 amide bonds. The zero-order chi connectivity index (χ0) is 31.6. The van der Waals surface area contributed by atoms with Gasteiger partial charge in [-0.3, -0.25) is 4.79 Å². The minimum Gasteiger partial charge on any atom is -0.461 e. The number of aliphatic hydroxyl groups excluding tert-OH is 2. The van der Waals surface area contributed by atoms with Crippen molar-refractivity contribution in [1.82, 2.24) is 9.97 Å². The Hall–Kier alpha value is -2.18. The Morgan fingerprint density at radius 2 is 1.95 bits per heavy atom. The van der Waals surface area contributed by atoms with E-state index in [-0.39, 0.29) is 28.8 Å². The average molecular weight is 607 g/mol. The molecule has 6 heteroatoms. The molecular weight excluding hydrogens is 548 g/mol. The number of imidazole rings is 1. The van der Waals surface area contributed by atoms with Gasteiger partial charge < -0.3 is 19.9 Å². The van der Waals surface area contributed by atoms with E-state index in [4.69, 9.17) is 9.72 Å². The van der Waals surface area contributed by atoms with Gasteiger partial charge in [-0.05, 0) is 111 Å². The van der Waals surface area contributed by atoms with Gasteiger partial charge in [-0.2, -0.15) is 0 Å². The first-order valence-corrected chi connectivity index (χ1v) is 17.7. The van der Waals surface area contributed by atoms with Crippen molar-refractivity contribution in [2.45, 2.75) is 148 Å². The van der Waals surface area contributed by atoms with Crippen LogP contribution >= 0.6 is 0 Å². The molecule has 0 radical (unpaired) electrons. The van der Waals surface area contributed by atoms with E-state index in [9.17, 15) is 15.0 Å². The zero-order valence-corrected chi connectivity index (χ0v) is 28.0. The predicted molar refractivity (Wildman–Crippen MR) is 176 cm³/mol. The molecule has 5 rings (SSSR count). The minimum atomic E-state index is -0.647. The first-order chi connectivity index (χ1) is 21.0. The molecule has 1 unspecified atom stereocenters. The molecule has 4 aliphatic carbocycles. The van der Waals surface area contributed by atoms with Crippen molar-refractivity contribution in [3.8, 4) is 0 Å². The molecule has 4 saturated carbocycles. The van der Waals surface area contributed by atoms with Crippen molar-refractivity contribution in [2.24, 2.45) is 29.1 Å². The monoisotopic (exact) mass is 606 g/mol. The number of rotatable bonds is 12. The van der Waals surface area contributed by atoms with E-state index in [2.05, 4.69) is 51.4 Å². The van der Waals surface area contributed by atoms with Crippen LogP contribution in [0.25, 0.3) is 0 Å². The Labute approximate surface area is 265 Å². The number of aromatic amines is 1. The summed E-state index contributed by atoms with van der Waals surface area (Å²) < 4.78 is 6.37. The second-order valence-electron chi connectivity index (χ2n) is 15.1. The van der Waals surface area contributed by atoms with Crippen LogP contribution in [0.15, 0.2) is 41.6 Å². The summed E-state index contributed by atoms with van der Waals surface area (Å²) in [4.78, 5) is 21.5. The Bertz CT molecular complexity index is 1240. The van der Waals surface area contributed by atoms with Crippen LogP contribution < -0.4 is 0 Å². The van der Waals surface area contributed by atoms with E-state index in [1.807, 2.05) is 13.1 Å². The highest BCUT2D eigenvalue weighted by Gasteiger charge is 2.56. The van der Waals surface area contributed by atoms with Gasteiger partial charge in [0.15, 0.2) is 0 Å². The van der Waals surface area contributed by atoms with E-state index in [1.54, 1.807) is 0 Å². The molecule has 3 N–H and O–H groups in total. The van der Waals surface area contributed by atoms with Crippen molar-refractivity contribution in [2.75, 3.05) is 0 Å². The lowest BCUT2D eigenvalue weighted by Crippen LogP contribution is -2.37. The van der Waals surface area contributed by atoms with Crippen LogP contribution in [-0.2, 0) is 21.4 Å². The van der Waals surface area contributed by atoms with Crippen LogP contribution in [0.4, 0.5) is 0 Å². The highest BCUT2D eigenvalue weighted by Crippen LogP contribution is 2.60. The van der Waals surface area contributed by atoms with Crippen molar-refractivity contribution < 1.29 is 19.7 Å². The fraction of sp³-hybridized carbons (Fsp3) is 0.737. The molecule has 1 heterocycles. The van der Waals surface area contributed by atoms with Gasteiger partial charge in [0.2, 0.25) is 0 Å². The number of hydrogen-bond donors (Lipinski definition) is 3. The molecule has 1 aromatic heterocycles. The topological polar surface area (TPSA) is 95.4 Å². The van der Waals surface area contributed by atoms with Gasteiger partial charge in [0.1, 0.15) is 11.9 Å². The number of H-pyrrole nitrogens is 1. The number of nitrogens with zero attached hydrogens (tertiary/aromatic N) is 1. The number of esters is 1. The summed E-state index contributed by atoms with van der Waals surface area (Å²) in [5, 5.41) is 20.5. The molecular formula is C38H58N2O4. The molecule has 244 valence electrons. The van der Waals surface area contributed by atoms with Crippen LogP contribution in [0.1, 0.15) is 130 Å². The number of aryl methyl sites for hydroxylation is 1. The van der Waals surface area contributed by atoms with E-state index < -0.39 is 12.2 Å². The quantitative estimate of drug-likeness (QED) is 0.210. The van der Waals surface area contributed by atoms with Crippen molar-refractivity contribution >= 4 is 5.97 Å². The number of hydrogen-bond acceptors (Lipinski definition) is 5. The lowest BCUT2D eigenvalue weighted by atomic mass is 9.60. The van der Waals surface area contributed by atoms with Crippen molar-refractivity contribution in [1.29, 1.82) is 0 Å². The smallest absolute Gasteiger partial charge is 0.308 e. The highest BCUT2D eigenvalue weighted by molar-refractivity contribution is 5.72. The number of carbonyl (C=O) groups is 1. The summed E-state index contributed by atoms with van der Waals surface area (Å²) in [6.45, 7) is 15.3. The number of ether oxygens (including phenoxy) is 1. The molecule has 0 saturated heterocycles. The molecule has 0 bridgehead atoms.